The van der Waals surface area contributed by atoms with Crippen LogP contribution in [0.4, 0.5) is 10.6 Å². The summed E-state index contributed by atoms with van der Waals surface area (Å²) < 4.78 is 6.87. The van der Waals surface area contributed by atoms with Gasteiger partial charge in [-0.05, 0) is 22.3 Å². The van der Waals surface area contributed by atoms with Crippen LogP contribution in [0.5, 0.6) is 0 Å². The zero-order valence-corrected chi connectivity index (χ0v) is 18.9. The number of hydrogen-bond donors (Lipinski definition) is 3. The number of ether oxygens (including phenoxy) is 1. The second-order valence-corrected chi connectivity index (χ2v) is 8.72. The number of aliphatic hydroxyl groups excluding tert-OH is 1. The molecule has 0 saturated carbocycles. The molecule has 10 heteroatoms. The van der Waals surface area contributed by atoms with Crippen molar-refractivity contribution in [2.75, 3.05) is 18.5 Å². The molecule has 2 unspecified atom stereocenters. The maximum absolute atomic E-state index is 13.1. The van der Waals surface area contributed by atoms with Gasteiger partial charge in [0.05, 0.1) is 6.10 Å². The number of aromatic nitrogens is 2. The predicted octanol–water partition coefficient (Wildman–Crippen LogP) is 2.44. The molecule has 2 heterocycles. The van der Waals surface area contributed by atoms with Gasteiger partial charge < -0.3 is 19.8 Å². The van der Waals surface area contributed by atoms with Crippen molar-refractivity contribution in [2.45, 2.75) is 24.5 Å². The number of likely N-dealkylation sites (tertiary alicyclic amines) is 1. The lowest BCUT2D eigenvalue weighted by molar-refractivity contribution is -0.141. The van der Waals surface area contributed by atoms with Gasteiger partial charge in [-0.25, -0.2) is 9.59 Å². The highest BCUT2D eigenvalue weighted by atomic mass is 16.5. The van der Waals surface area contributed by atoms with Gasteiger partial charge in [0.15, 0.2) is 5.82 Å². The molecule has 2 aromatic carbocycles. The van der Waals surface area contributed by atoms with Crippen molar-refractivity contribution in [2.24, 2.45) is 7.05 Å². The standard InChI is InChI=1S/C25H24N4O6/c1-28-12-19(23(31)29-11-14(30)10-21(29)24(32)33)22(27-28)26-25(34)35-13-20-17-8-4-2-6-15(17)16-7-3-5-9-18(16)20/h2-9,12,14,20-21,30H,10-11,13H2,1H3,(H,32,33)(H,26,27,34). The molecule has 0 spiro atoms. The van der Waals surface area contributed by atoms with Crippen molar-refractivity contribution in [3.63, 3.8) is 0 Å². The number of nitrogens with one attached hydrogen (secondary N) is 1. The highest BCUT2D eigenvalue weighted by molar-refractivity contribution is 6.03. The van der Waals surface area contributed by atoms with Crippen molar-refractivity contribution in [3.8, 4) is 11.1 Å². The lowest BCUT2D eigenvalue weighted by Gasteiger charge is -2.21. The van der Waals surface area contributed by atoms with E-state index in [0.29, 0.717) is 0 Å². The molecule has 3 aromatic rings. The van der Waals surface area contributed by atoms with Crippen molar-refractivity contribution in [1.29, 1.82) is 0 Å². The Morgan fingerprint density at radius 3 is 2.34 bits per heavy atom. The highest BCUT2D eigenvalue weighted by Gasteiger charge is 2.40. The van der Waals surface area contributed by atoms with Gasteiger partial charge in [0.25, 0.3) is 5.91 Å². The fraction of sp³-hybridized carbons (Fsp3) is 0.280. The molecule has 10 nitrogen and oxygen atoms in total. The van der Waals surface area contributed by atoms with E-state index in [1.165, 1.54) is 10.9 Å². The Morgan fingerprint density at radius 1 is 1.09 bits per heavy atom. The molecule has 0 radical (unpaired) electrons. The van der Waals surface area contributed by atoms with E-state index < -0.39 is 30.1 Å². The number of carboxylic acids is 1. The number of carbonyl (C=O) groups excluding carboxylic acids is 2. The number of amides is 2. The molecule has 2 atom stereocenters. The zero-order valence-electron chi connectivity index (χ0n) is 18.9. The number of carbonyl (C=O) groups is 3. The second kappa shape index (κ2) is 8.88. The van der Waals surface area contributed by atoms with Gasteiger partial charge in [-0.15, -0.1) is 0 Å². The van der Waals surface area contributed by atoms with Crippen LogP contribution in [0, 0.1) is 0 Å². The van der Waals surface area contributed by atoms with Gasteiger partial charge in [-0.1, -0.05) is 48.5 Å². The third kappa shape index (κ3) is 4.12. The Bertz CT molecular complexity index is 1270. The Labute approximate surface area is 200 Å². The number of rotatable bonds is 5. The van der Waals surface area contributed by atoms with Gasteiger partial charge in [0.1, 0.15) is 18.2 Å². The maximum atomic E-state index is 13.1. The fourth-order valence-corrected chi connectivity index (χ4v) is 4.90. The van der Waals surface area contributed by atoms with Crippen molar-refractivity contribution >= 4 is 23.8 Å². The number of nitrogens with zero attached hydrogens (tertiary/aromatic N) is 3. The van der Waals surface area contributed by atoms with Crippen LogP contribution in [0.1, 0.15) is 33.8 Å². The summed E-state index contributed by atoms with van der Waals surface area (Å²) in [5, 5.41) is 25.9. The van der Waals surface area contributed by atoms with E-state index in [0.717, 1.165) is 27.2 Å². The van der Waals surface area contributed by atoms with E-state index in [2.05, 4.69) is 10.4 Å². The van der Waals surface area contributed by atoms with E-state index in [4.69, 9.17) is 4.74 Å². The molecule has 1 saturated heterocycles. The molecular formula is C25H24N4O6. The number of benzene rings is 2. The minimum Gasteiger partial charge on any atom is -0.480 e. The molecule has 1 fully saturated rings. The summed E-state index contributed by atoms with van der Waals surface area (Å²) in [7, 11) is 1.58. The van der Waals surface area contributed by atoms with Crippen molar-refractivity contribution in [1.82, 2.24) is 14.7 Å². The van der Waals surface area contributed by atoms with Gasteiger partial charge in [0.2, 0.25) is 0 Å². The van der Waals surface area contributed by atoms with Crippen LogP contribution in [-0.2, 0) is 16.6 Å². The third-order valence-electron chi connectivity index (χ3n) is 6.45. The predicted molar refractivity (Wildman–Crippen MR) is 125 cm³/mol. The molecule has 0 bridgehead atoms. The first kappa shape index (κ1) is 22.6. The minimum atomic E-state index is -1.20. The number of β-amino-alcohol motifs (C(OH)–C–C–N with tert-alkyl or cyclic N) is 1. The van der Waals surface area contributed by atoms with E-state index in [9.17, 15) is 24.6 Å². The van der Waals surface area contributed by atoms with E-state index in [-0.39, 0.29) is 36.9 Å². The van der Waals surface area contributed by atoms with Crippen LogP contribution in [0.15, 0.2) is 54.7 Å². The van der Waals surface area contributed by atoms with Crippen molar-refractivity contribution < 1.29 is 29.3 Å². The van der Waals surface area contributed by atoms with Gasteiger partial charge in [0, 0.05) is 32.1 Å². The maximum Gasteiger partial charge on any atom is 0.412 e. The largest absolute Gasteiger partial charge is 0.480 e. The van der Waals surface area contributed by atoms with E-state index >= 15 is 0 Å². The molecule has 1 aliphatic carbocycles. The second-order valence-electron chi connectivity index (χ2n) is 8.72. The number of fused-ring (bicyclic) bond motifs is 3. The first-order valence-corrected chi connectivity index (χ1v) is 11.2. The number of carboxylic acid groups (broad SMARTS) is 1. The normalized spacial score (nSPS) is 18.7. The highest BCUT2D eigenvalue weighted by Crippen LogP contribution is 2.44. The SMILES string of the molecule is Cn1cc(C(=O)N2CC(O)CC2C(=O)O)c(NC(=O)OCC2c3ccccc3-c3ccccc32)n1. The van der Waals surface area contributed by atoms with Gasteiger partial charge in [-0.2, -0.15) is 5.10 Å². The smallest absolute Gasteiger partial charge is 0.412 e. The number of aryl methyl sites for hydroxylation is 1. The molecule has 180 valence electrons. The van der Waals surface area contributed by atoms with Crippen LogP contribution in [0.2, 0.25) is 0 Å². The average Bonchev–Trinajstić information content (AvgIpc) is 3.50. The zero-order chi connectivity index (χ0) is 24.7. The lowest BCUT2D eigenvalue weighted by atomic mass is 9.98. The summed E-state index contributed by atoms with van der Waals surface area (Å²) in [5.74, 6) is -2.01. The van der Waals surface area contributed by atoms with Gasteiger partial charge >= 0.3 is 12.1 Å². The lowest BCUT2D eigenvalue weighted by Crippen LogP contribution is -2.40. The number of aliphatic hydroxyl groups is 1. The summed E-state index contributed by atoms with van der Waals surface area (Å²) in [6.07, 6.45) is -0.382. The molecule has 3 N–H and O–H groups in total. The molecule has 2 amide bonds. The van der Waals surface area contributed by atoms with Crippen LogP contribution in [-0.4, -0.2) is 68.2 Å². The summed E-state index contributed by atoms with van der Waals surface area (Å²) in [5.41, 5.74) is 4.37. The van der Waals surface area contributed by atoms with Crippen LogP contribution < -0.4 is 5.32 Å². The third-order valence-corrected chi connectivity index (χ3v) is 6.45. The molecule has 35 heavy (non-hydrogen) atoms. The molecule has 5 rings (SSSR count). The molecule has 1 aliphatic heterocycles. The number of anilines is 1. The average molecular weight is 476 g/mol. The summed E-state index contributed by atoms with van der Waals surface area (Å²) >= 11 is 0. The Kier molecular flexibility index (Phi) is 5.73. The van der Waals surface area contributed by atoms with Gasteiger partial charge in [-0.3, -0.25) is 14.8 Å². The number of hydrogen-bond acceptors (Lipinski definition) is 6. The van der Waals surface area contributed by atoms with Crippen LogP contribution in [0.25, 0.3) is 11.1 Å². The first-order valence-electron chi connectivity index (χ1n) is 11.2. The number of aliphatic carboxylic acids is 1. The topological polar surface area (TPSA) is 134 Å². The van der Waals surface area contributed by atoms with E-state index in [1.54, 1.807) is 7.05 Å². The fourth-order valence-electron chi connectivity index (χ4n) is 4.90. The van der Waals surface area contributed by atoms with Crippen molar-refractivity contribution in [3.05, 3.63) is 71.4 Å². The monoisotopic (exact) mass is 476 g/mol. The van der Waals surface area contributed by atoms with Crippen LogP contribution in [0.3, 0.4) is 0 Å². The summed E-state index contributed by atoms with van der Waals surface area (Å²) in [6, 6.07) is 14.8. The summed E-state index contributed by atoms with van der Waals surface area (Å²) in [6.45, 7) is -0.0234. The van der Waals surface area contributed by atoms with E-state index in [1.807, 2.05) is 48.5 Å². The van der Waals surface area contributed by atoms with Crippen LogP contribution >= 0.6 is 0 Å². The minimum absolute atomic E-state index is 0.0151. The Balaban J connectivity index is 1.31. The molecule has 1 aromatic heterocycles. The molecule has 2 aliphatic rings. The quantitative estimate of drug-likeness (QED) is 0.515. The molecular weight excluding hydrogens is 452 g/mol. The summed E-state index contributed by atoms with van der Waals surface area (Å²) in [4.78, 5) is 38.4. The Hall–Kier alpha value is -4.18. The first-order chi connectivity index (χ1) is 16.8. The Morgan fingerprint density at radius 2 is 1.71 bits per heavy atom.